The van der Waals surface area contributed by atoms with Crippen LogP contribution in [-0.4, -0.2) is 26.0 Å². The largest absolute Gasteiger partial charge is 0.477 e. The van der Waals surface area contributed by atoms with Crippen LogP contribution in [0.3, 0.4) is 0 Å². The minimum atomic E-state index is -3.76. The zero-order chi connectivity index (χ0) is 13.9. The van der Waals surface area contributed by atoms with Crippen LogP contribution >= 0.6 is 22.7 Å². The highest BCUT2D eigenvalue weighted by atomic mass is 32.2. The lowest BCUT2D eigenvalue weighted by Gasteiger charge is -2.05. The van der Waals surface area contributed by atoms with Crippen molar-refractivity contribution < 1.29 is 18.3 Å². The topological polar surface area (TPSA) is 83.5 Å². The molecule has 2 aromatic rings. The molecule has 102 valence electrons. The van der Waals surface area contributed by atoms with Crippen molar-refractivity contribution in [1.29, 1.82) is 0 Å². The Labute approximate surface area is 118 Å². The van der Waals surface area contributed by atoms with Crippen molar-refractivity contribution in [2.75, 3.05) is 6.54 Å². The molecule has 0 radical (unpaired) electrons. The number of thiophene rings is 2. The van der Waals surface area contributed by atoms with E-state index in [1.807, 2.05) is 17.5 Å². The maximum absolute atomic E-state index is 12.0. The van der Waals surface area contributed by atoms with Crippen LogP contribution < -0.4 is 4.72 Å². The van der Waals surface area contributed by atoms with Crippen LogP contribution in [0.5, 0.6) is 0 Å². The van der Waals surface area contributed by atoms with E-state index >= 15 is 0 Å². The van der Waals surface area contributed by atoms with Gasteiger partial charge in [0.05, 0.1) is 0 Å². The molecule has 8 heteroatoms. The fourth-order valence-electron chi connectivity index (χ4n) is 1.51. The molecule has 0 fully saturated rings. The molecule has 0 amide bonds. The van der Waals surface area contributed by atoms with Crippen molar-refractivity contribution >= 4 is 38.7 Å². The molecule has 0 aliphatic heterocycles. The van der Waals surface area contributed by atoms with Gasteiger partial charge in [0.15, 0.2) is 0 Å². The van der Waals surface area contributed by atoms with Crippen LogP contribution in [0, 0.1) is 0 Å². The fourth-order valence-corrected chi connectivity index (χ4v) is 4.50. The molecule has 0 saturated carbocycles. The van der Waals surface area contributed by atoms with E-state index < -0.39 is 16.0 Å². The first kappa shape index (κ1) is 14.2. The second-order valence-electron chi connectivity index (χ2n) is 3.65. The van der Waals surface area contributed by atoms with Crippen molar-refractivity contribution in [3.8, 4) is 0 Å². The molecule has 0 aromatic carbocycles. The maximum Gasteiger partial charge on any atom is 0.347 e. The monoisotopic (exact) mass is 317 g/mol. The third-order valence-corrected chi connectivity index (χ3v) is 5.83. The summed E-state index contributed by atoms with van der Waals surface area (Å²) in [5.74, 6) is -1.23. The van der Waals surface area contributed by atoms with Crippen molar-refractivity contribution in [2.45, 2.75) is 11.3 Å². The molecular formula is C11H11NO4S3. The summed E-state index contributed by atoms with van der Waals surface area (Å²) in [5, 5.41) is 12.3. The van der Waals surface area contributed by atoms with E-state index in [1.54, 1.807) is 11.3 Å². The standard InChI is InChI=1S/C11H11NO4S3/c13-11(14)10-9(4-7-18-10)19(15,16)12-5-3-8-2-1-6-17-8/h1-2,4,6-7,12H,3,5H2,(H,13,14). The second-order valence-corrected chi connectivity index (χ2v) is 7.33. The number of aromatic carboxylic acids is 1. The number of hydrogen-bond donors (Lipinski definition) is 2. The van der Waals surface area contributed by atoms with Gasteiger partial charge in [0.25, 0.3) is 0 Å². The highest BCUT2D eigenvalue weighted by molar-refractivity contribution is 7.89. The third-order valence-electron chi connectivity index (χ3n) is 2.36. The first-order chi connectivity index (χ1) is 9.00. The number of carboxylic acids is 1. The van der Waals surface area contributed by atoms with E-state index in [-0.39, 0.29) is 16.3 Å². The number of rotatable bonds is 6. The average molecular weight is 317 g/mol. The number of carbonyl (C=O) groups is 1. The molecule has 0 unspecified atom stereocenters. The molecule has 2 heterocycles. The number of hydrogen-bond acceptors (Lipinski definition) is 5. The number of nitrogens with one attached hydrogen (secondary N) is 1. The smallest absolute Gasteiger partial charge is 0.347 e. The van der Waals surface area contributed by atoms with Gasteiger partial charge in [-0.25, -0.2) is 17.9 Å². The lowest BCUT2D eigenvalue weighted by molar-refractivity contribution is 0.0698. The zero-order valence-electron chi connectivity index (χ0n) is 9.70. The Bertz CT molecular complexity index is 658. The predicted octanol–water partition coefficient (Wildman–Crippen LogP) is 2.03. The Morgan fingerprint density at radius 3 is 2.68 bits per heavy atom. The van der Waals surface area contributed by atoms with Gasteiger partial charge >= 0.3 is 5.97 Å². The molecule has 5 nitrogen and oxygen atoms in total. The van der Waals surface area contributed by atoms with Gasteiger partial charge in [-0.15, -0.1) is 22.7 Å². The zero-order valence-corrected chi connectivity index (χ0v) is 12.1. The summed E-state index contributed by atoms with van der Waals surface area (Å²) in [4.78, 5) is 11.7. The molecule has 2 N–H and O–H groups in total. The molecule has 19 heavy (non-hydrogen) atoms. The van der Waals surface area contributed by atoms with Crippen molar-refractivity contribution in [3.63, 3.8) is 0 Å². The van der Waals surface area contributed by atoms with Crippen LogP contribution in [0.4, 0.5) is 0 Å². The Hall–Kier alpha value is -1.22. The molecule has 0 bridgehead atoms. The quantitative estimate of drug-likeness (QED) is 0.854. The molecule has 0 spiro atoms. The van der Waals surface area contributed by atoms with E-state index in [4.69, 9.17) is 5.11 Å². The Balaban J connectivity index is 2.06. The average Bonchev–Trinajstić information content (AvgIpc) is 2.99. The van der Waals surface area contributed by atoms with Crippen molar-refractivity contribution in [3.05, 3.63) is 38.7 Å². The highest BCUT2D eigenvalue weighted by Gasteiger charge is 2.23. The lowest BCUT2D eigenvalue weighted by atomic mass is 10.3. The summed E-state index contributed by atoms with van der Waals surface area (Å²) in [6.07, 6.45) is 0.587. The van der Waals surface area contributed by atoms with Crippen LogP contribution in [0.2, 0.25) is 0 Å². The highest BCUT2D eigenvalue weighted by Crippen LogP contribution is 2.21. The van der Waals surface area contributed by atoms with Crippen molar-refractivity contribution in [1.82, 2.24) is 4.72 Å². The summed E-state index contributed by atoms with van der Waals surface area (Å²) in [5.41, 5.74) is 0. The Morgan fingerprint density at radius 1 is 1.26 bits per heavy atom. The van der Waals surface area contributed by atoms with E-state index in [2.05, 4.69) is 4.72 Å². The Kier molecular flexibility index (Phi) is 4.35. The van der Waals surface area contributed by atoms with Crippen LogP contribution in [0.25, 0.3) is 0 Å². The molecule has 0 saturated heterocycles. The van der Waals surface area contributed by atoms with Gasteiger partial charge < -0.3 is 5.11 Å². The van der Waals surface area contributed by atoms with Gasteiger partial charge in [0.2, 0.25) is 10.0 Å². The van der Waals surface area contributed by atoms with Crippen LogP contribution in [0.15, 0.2) is 33.9 Å². The predicted molar refractivity (Wildman–Crippen MR) is 74.5 cm³/mol. The number of sulfonamides is 1. The van der Waals surface area contributed by atoms with E-state index in [1.165, 1.54) is 11.4 Å². The van der Waals surface area contributed by atoms with E-state index in [0.29, 0.717) is 6.42 Å². The summed E-state index contributed by atoms with van der Waals surface area (Å²) in [6.45, 7) is 0.248. The molecule has 0 aliphatic rings. The van der Waals surface area contributed by atoms with Gasteiger partial charge in [-0.1, -0.05) is 6.07 Å². The summed E-state index contributed by atoms with van der Waals surface area (Å²) in [7, 11) is -3.76. The third kappa shape index (κ3) is 3.41. The first-order valence-corrected chi connectivity index (χ1v) is 8.58. The molecule has 2 rings (SSSR count). The summed E-state index contributed by atoms with van der Waals surface area (Å²) < 4.78 is 26.4. The van der Waals surface area contributed by atoms with Crippen LogP contribution in [0.1, 0.15) is 14.5 Å². The van der Waals surface area contributed by atoms with Gasteiger partial charge in [-0.3, -0.25) is 0 Å². The van der Waals surface area contributed by atoms with Crippen molar-refractivity contribution in [2.24, 2.45) is 0 Å². The fraction of sp³-hybridized carbons (Fsp3) is 0.182. The van der Waals surface area contributed by atoms with Gasteiger partial charge in [0, 0.05) is 11.4 Å². The maximum atomic E-state index is 12.0. The SMILES string of the molecule is O=C(O)c1sccc1S(=O)(=O)NCCc1cccs1. The van der Waals surface area contributed by atoms with E-state index in [9.17, 15) is 13.2 Å². The minimum Gasteiger partial charge on any atom is -0.477 e. The minimum absolute atomic E-state index is 0.163. The Morgan fingerprint density at radius 2 is 2.05 bits per heavy atom. The molecule has 0 aliphatic carbocycles. The molecule has 0 atom stereocenters. The van der Waals surface area contributed by atoms with Gasteiger partial charge in [-0.05, 0) is 29.3 Å². The van der Waals surface area contributed by atoms with Gasteiger partial charge in [-0.2, -0.15) is 0 Å². The van der Waals surface area contributed by atoms with E-state index in [0.717, 1.165) is 16.2 Å². The first-order valence-electron chi connectivity index (χ1n) is 5.33. The van der Waals surface area contributed by atoms with Gasteiger partial charge in [0.1, 0.15) is 9.77 Å². The van der Waals surface area contributed by atoms with Crippen LogP contribution in [-0.2, 0) is 16.4 Å². The molecular weight excluding hydrogens is 306 g/mol. The number of carboxylic acid groups (broad SMARTS) is 1. The second kappa shape index (κ2) is 5.83. The summed E-state index contributed by atoms with van der Waals surface area (Å²) in [6, 6.07) is 5.13. The normalized spacial score (nSPS) is 11.6. The summed E-state index contributed by atoms with van der Waals surface area (Å²) >= 11 is 2.45. The lowest BCUT2D eigenvalue weighted by Crippen LogP contribution is -2.26. The molecule has 2 aromatic heterocycles.